The highest BCUT2D eigenvalue weighted by atomic mass is 32.1. The Morgan fingerprint density at radius 1 is 0.659 bits per heavy atom. The summed E-state index contributed by atoms with van der Waals surface area (Å²) >= 11 is 9.50. The average molecular weight is 653 g/mol. The molecule has 0 N–H and O–H groups in total. The molecule has 41 heavy (non-hydrogen) atoms. The van der Waals surface area contributed by atoms with Gasteiger partial charge in [0.25, 0.3) is 0 Å². The van der Waals surface area contributed by atoms with Gasteiger partial charge in [0, 0.05) is 24.4 Å². The Hall–Kier alpha value is -1.62. The largest absolute Gasteiger partial charge is 0.417 e. The normalized spacial score (nSPS) is 14.0. The standard InChI is InChI=1S/C32H36N2OS5Si/c1-5-7-9-11-15-41(16-12-10-8-6-2)24-17-22(21-14-13-19(3)36-21)38-26(24)27-25(41)18-23(39-27)32-34-31-29(40-32)28-30(35-31)33-20(4)37-28/h13-14,17-18H,5-12,15-16H2,1-4H3. The zero-order valence-corrected chi connectivity index (χ0v) is 29.3. The molecule has 7 heterocycles. The van der Waals surface area contributed by atoms with Crippen LogP contribution in [0.5, 0.6) is 0 Å². The van der Waals surface area contributed by atoms with Crippen molar-refractivity contribution in [2.24, 2.45) is 0 Å². The average Bonchev–Trinajstić information content (AvgIpc) is 3.78. The summed E-state index contributed by atoms with van der Waals surface area (Å²) in [5.74, 6) is 0. The van der Waals surface area contributed by atoms with Crippen molar-refractivity contribution in [1.29, 1.82) is 0 Å². The van der Waals surface area contributed by atoms with Crippen LogP contribution in [0, 0.1) is 13.8 Å². The first kappa shape index (κ1) is 28.2. The van der Waals surface area contributed by atoms with Gasteiger partial charge >= 0.3 is 0 Å². The molecule has 0 bridgehead atoms. The minimum atomic E-state index is -1.88. The Kier molecular flexibility index (Phi) is 7.88. The number of aryl methyl sites for hydroxylation is 2. The number of unbranched alkanes of at least 4 members (excludes halogenated alkanes) is 6. The summed E-state index contributed by atoms with van der Waals surface area (Å²) in [5, 5.41) is 5.62. The maximum absolute atomic E-state index is 6.07. The second kappa shape index (κ2) is 11.5. The summed E-state index contributed by atoms with van der Waals surface area (Å²) in [7, 11) is -1.88. The van der Waals surface area contributed by atoms with Crippen LogP contribution >= 0.6 is 56.7 Å². The maximum atomic E-state index is 6.07. The third-order valence-electron chi connectivity index (χ3n) is 8.51. The molecule has 6 aromatic rings. The van der Waals surface area contributed by atoms with Gasteiger partial charge in [-0.05, 0) is 60.6 Å². The summed E-state index contributed by atoms with van der Waals surface area (Å²) in [4.78, 5) is 18.3. The summed E-state index contributed by atoms with van der Waals surface area (Å²) in [6, 6.07) is 12.6. The Labute approximate surface area is 263 Å². The number of rotatable bonds is 12. The molecule has 0 saturated heterocycles. The van der Waals surface area contributed by atoms with Crippen LogP contribution in [-0.2, 0) is 0 Å². The highest BCUT2D eigenvalue weighted by Crippen LogP contribution is 2.49. The Morgan fingerprint density at radius 3 is 1.95 bits per heavy atom. The molecular formula is C32H36N2OS5Si. The van der Waals surface area contributed by atoms with E-state index in [2.05, 4.69) is 61.4 Å². The minimum Gasteiger partial charge on any atom is -0.417 e. The van der Waals surface area contributed by atoms with Gasteiger partial charge in [0.1, 0.15) is 22.5 Å². The lowest BCUT2D eigenvalue weighted by molar-refractivity contribution is 0.643. The van der Waals surface area contributed by atoms with E-state index in [1.54, 1.807) is 42.8 Å². The first-order valence-electron chi connectivity index (χ1n) is 15.0. The quantitative estimate of drug-likeness (QED) is 0.0975. The Balaban J connectivity index is 1.34. The number of thiazole rings is 2. The minimum absolute atomic E-state index is 0.742. The molecule has 0 fully saturated rings. The van der Waals surface area contributed by atoms with Crippen molar-refractivity contribution in [1.82, 2.24) is 9.97 Å². The Morgan fingerprint density at radius 2 is 1.29 bits per heavy atom. The van der Waals surface area contributed by atoms with Crippen molar-refractivity contribution in [3.05, 3.63) is 34.2 Å². The number of thiophene rings is 3. The van der Waals surface area contributed by atoms with E-state index in [4.69, 9.17) is 9.40 Å². The molecule has 0 saturated carbocycles. The number of fused-ring (bicyclic) bond motifs is 6. The highest BCUT2D eigenvalue weighted by molar-refractivity contribution is 7.34. The van der Waals surface area contributed by atoms with Crippen LogP contribution in [0.25, 0.3) is 50.2 Å². The van der Waals surface area contributed by atoms with E-state index in [0.717, 1.165) is 30.8 Å². The fraction of sp³-hybridized carbons (Fsp3) is 0.438. The third kappa shape index (κ3) is 4.94. The van der Waals surface area contributed by atoms with Crippen LogP contribution in [-0.4, -0.2) is 18.0 Å². The van der Waals surface area contributed by atoms with E-state index in [1.165, 1.54) is 83.0 Å². The first-order chi connectivity index (χ1) is 20.0. The van der Waals surface area contributed by atoms with Crippen LogP contribution in [0.4, 0.5) is 0 Å². The lowest BCUT2D eigenvalue weighted by atomic mass is 10.2. The van der Waals surface area contributed by atoms with E-state index in [9.17, 15) is 0 Å². The van der Waals surface area contributed by atoms with Gasteiger partial charge in [0.05, 0.1) is 9.88 Å². The summed E-state index contributed by atoms with van der Waals surface area (Å²) in [5.41, 5.74) is 1.49. The second-order valence-corrected chi connectivity index (χ2v) is 21.3. The van der Waals surface area contributed by atoms with Crippen molar-refractivity contribution >= 4 is 96.0 Å². The summed E-state index contributed by atoms with van der Waals surface area (Å²) in [6.07, 6.45) is 10.7. The lowest BCUT2D eigenvalue weighted by Crippen LogP contribution is -2.54. The maximum Gasteiger partial charge on any atom is 0.241 e. The zero-order chi connectivity index (χ0) is 28.1. The monoisotopic (exact) mass is 652 g/mol. The molecule has 0 unspecified atom stereocenters. The molecule has 7 rings (SSSR count). The van der Waals surface area contributed by atoms with Crippen molar-refractivity contribution in [2.45, 2.75) is 91.1 Å². The molecule has 0 radical (unpaired) electrons. The third-order valence-corrected chi connectivity index (χ3v) is 20.1. The van der Waals surface area contributed by atoms with Gasteiger partial charge < -0.3 is 4.42 Å². The van der Waals surface area contributed by atoms with Crippen molar-refractivity contribution in [3.8, 4) is 29.4 Å². The number of hydrogen-bond acceptors (Lipinski definition) is 8. The van der Waals surface area contributed by atoms with Crippen LogP contribution in [0.2, 0.25) is 12.1 Å². The molecule has 3 nitrogen and oxygen atoms in total. The van der Waals surface area contributed by atoms with Gasteiger partial charge in [0.2, 0.25) is 11.4 Å². The SMILES string of the molecule is CCCCCC[Si]1(CCCCCC)c2cc(-c3ccc(C)s3)sc2-c2sc(-c3nc4oc5nc(C)sc5c4s3)cc21. The van der Waals surface area contributed by atoms with Crippen LogP contribution < -0.4 is 10.4 Å². The molecule has 0 spiro atoms. The second-order valence-electron chi connectivity index (χ2n) is 11.4. The van der Waals surface area contributed by atoms with Crippen molar-refractivity contribution in [3.63, 3.8) is 0 Å². The smallest absolute Gasteiger partial charge is 0.241 e. The topological polar surface area (TPSA) is 38.9 Å². The number of nitrogens with zero attached hydrogens (tertiary/aromatic N) is 2. The first-order valence-corrected chi connectivity index (χ1v) is 21.5. The summed E-state index contributed by atoms with van der Waals surface area (Å²) in [6.45, 7) is 8.93. The van der Waals surface area contributed by atoms with Gasteiger partial charge in [-0.15, -0.1) is 56.7 Å². The molecule has 9 heteroatoms. The molecule has 0 atom stereocenters. The predicted octanol–water partition coefficient (Wildman–Crippen LogP) is 11.3. The molecule has 1 aliphatic rings. The number of aromatic nitrogens is 2. The number of furan rings is 1. The van der Waals surface area contributed by atoms with Crippen molar-refractivity contribution < 1.29 is 4.42 Å². The van der Waals surface area contributed by atoms with E-state index in [-0.39, 0.29) is 0 Å². The van der Waals surface area contributed by atoms with Gasteiger partial charge in [-0.25, -0.2) is 4.98 Å². The fourth-order valence-electron chi connectivity index (χ4n) is 6.48. The van der Waals surface area contributed by atoms with E-state index >= 15 is 0 Å². The molecule has 6 aromatic heterocycles. The van der Waals surface area contributed by atoms with Crippen LogP contribution in [0.3, 0.4) is 0 Å². The lowest BCUT2D eigenvalue weighted by Gasteiger charge is -2.29. The molecular weight excluding hydrogens is 617 g/mol. The van der Waals surface area contributed by atoms with Crippen LogP contribution in [0.15, 0.2) is 28.7 Å². The van der Waals surface area contributed by atoms with Crippen LogP contribution in [0.1, 0.15) is 75.1 Å². The fourth-order valence-corrected chi connectivity index (χ4v) is 18.9. The Bertz CT molecular complexity index is 1820. The van der Waals surface area contributed by atoms with E-state index in [0.29, 0.717) is 0 Å². The molecule has 214 valence electrons. The predicted molar refractivity (Wildman–Crippen MR) is 187 cm³/mol. The number of hydrogen-bond donors (Lipinski definition) is 0. The van der Waals surface area contributed by atoms with Gasteiger partial charge in [-0.1, -0.05) is 65.2 Å². The summed E-state index contributed by atoms with van der Waals surface area (Å²) < 4.78 is 8.38. The van der Waals surface area contributed by atoms with E-state index < -0.39 is 8.07 Å². The molecule has 0 amide bonds. The van der Waals surface area contributed by atoms with E-state index in [1.807, 2.05) is 29.6 Å². The van der Waals surface area contributed by atoms with Gasteiger partial charge in [-0.3, -0.25) is 0 Å². The van der Waals surface area contributed by atoms with Crippen molar-refractivity contribution in [2.75, 3.05) is 0 Å². The molecule has 0 aromatic carbocycles. The zero-order valence-electron chi connectivity index (χ0n) is 24.2. The molecule has 0 aliphatic carbocycles. The highest BCUT2D eigenvalue weighted by Gasteiger charge is 2.47. The van der Waals surface area contributed by atoms with Gasteiger partial charge in [-0.2, -0.15) is 4.98 Å². The van der Waals surface area contributed by atoms with Gasteiger partial charge in [0.15, 0.2) is 0 Å². The molecule has 1 aliphatic heterocycles.